The van der Waals surface area contributed by atoms with Gasteiger partial charge in [-0.25, -0.2) is 0 Å². The van der Waals surface area contributed by atoms with Crippen LogP contribution in [0.15, 0.2) is 34.8 Å². The van der Waals surface area contributed by atoms with E-state index in [9.17, 15) is 10.1 Å². The summed E-state index contributed by atoms with van der Waals surface area (Å²) in [6.45, 7) is 8.98. The predicted molar refractivity (Wildman–Crippen MR) is 139 cm³/mol. The number of carbonyl (C=O) groups is 1. The maximum atomic E-state index is 13.7. The minimum absolute atomic E-state index is 0.0558. The van der Waals surface area contributed by atoms with Gasteiger partial charge in [0.15, 0.2) is 5.78 Å². The molecule has 1 aliphatic carbocycles. The zero-order chi connectivity index (χ0) is 23.6. The van der Waals surface area contributed by atoms with Crippen molar-refractivity contribution in [2.45, 2.75) is 51.0 Å². The molecule has 0 saturated carbocycles. The Labute approximate surface area is 208 Å². The summed E-state index contributed by atoms with van der Waals surface area (Å²) in [5.74, 6) is 0.0558. The Balaban J connectivity index is 1.38. The zero-order valence-electron chi connectivity index (χ0n) is 19.7. The summed E-state index contributed by atoms with van der Waals surface area (Å²) in [5, 5.41) is 10.2. The number of carbonyl (C=O) groups excluding carboxylic acids is 1. The van der Waals surface area contributed by atoms with Crippen molar-refractivity contribution in [2.24, 2.45) is 0 Å². The van der Waals surface area contributed by atoms with Crippen LogP contribution in [0.25, 0.3) is 10.9 Å². The van der Waals surface area contributed by atoms with Gasteiger partial charge in [0.05, 0.1) is 22.9 Å². The molecule has 0 spiro atoms. The van der Waals surface area contributed by atoms with Crippen molar-refractivity contribution in [1.82, 2.24) is 9.88 Å². The fourth-order valence-corrected chi connectivity index (χ4v) is 6.92. The molecule has 174 valence electrons. The van der Waals surface area contributed by atoms with E-state index >= 15 is 0 Å². The molecule has 0 amide bonds. The molecule has 3 aliphatic rings. The quantitative estimate of drug-likeness (QED) is 0.471. The number of ketones is 1. The first-order valence-corrected chi connectivity index (χ1v) is 13.1. The van der Waals surface area contributed by atoms with Crippen LogP contribution in [0.3, 0.4) is 0 Å². The lowest BCUT2D eigenvalue weighted by molar-refractivity contribution is 0.103. The summed E-state index contributed by atoms with van der Waals surface area (Å²) in [7, 11) is 0. The van der Waals surface area contributed by atoms with Crippen molar-refractivity contribution in [3.63, 3.8) is 0 Å². The Morgan fingerprint density at radius 3 is 2.53 bits per heavy atom. The number of hydrogen-bond donors (Lipinski definition) is 1. The maximum Gasteiger partial charge on any atom is 0.195 e. The molecule has 3 aromatic rings. The third-order valence-electron chi connectivity index (χ3n) is 8.25. The molecule has 2 aliphatic heterocycles. The average molecular weight is 517 g/mol. The van der Waals surface area contributed by atoms with Crippen LogP contribution in [0.5, 0.6) is 0 Å². The van der Waals surface area contributed by atoms with Gasteiger partial charge in [-0.05, 0) is 84.5 Å². The number of aromatic amines is 1. The van der Waals surface area contributed by atoms with E-state index in [0.717, 1.165) is 50.8 Å². The number of nitrogens with zero attached hydrogens (tertiary/aromatic N) is 3. The normalized spacial score (nSPS) is 20.4. The first kappa shape index (κ1) is 21.9. The van der Waals surface area contributed by atoms with Crippen LogP contribution in [-0.4, -0.2) is 47.9 Å². The number of H-pyrrole nitrogens is 1. The Morgan fingerprint density at radius 1 is 1.09 bits per heavy atom. The molecule has 2 fully saturated rings. The van der Waals surface area contributed by atoms with Crippen molar-refractivity contribution in [2.75, 3.05) is 31.1 Å². The molecule has 6 rings (SSSR count). The Bertz CT molecular complexity index is 1350. The number of halogens is 1. The van der Waals surface area contributed by atoms with Crippen molar-refractivity contribution < 1.29 is 4.79 Å². The molecule has 0 atom stereocenters. The highest BCUT2D eigenvalue weighted by atomic mass is 79.9. The number of likely N-dealkylation sites (tertiary alicyclic amines) is 1. The lowest BCUT2D eigenvalue weighted by Gasteiger charge is -2.39. The Kier molecular flexibility index (Phi) is 5.13. The average Bonchev–Trinajstić information content (AvgIpc) is 3.51. The number of fused-ring (bicyclic) bond motifs is 4. The molecule has 6 heteroatoms. The van der Waals surface area contributed by atoms with Crippen LogP contribution in [0.1, 0.15) is 72.3 Å². The number of nitriles is 1. The number of aromatic nitrogens is 1. The number of anilines is 1. The summed E-state index contributed by atoms with van der Waals surface area (Å²) in [6, 6.07) is 12.7. The van der Waals surface area contributed by atoms with E-state index in [1.54, 1.807) is 6.07 Å². The molecule has 0 unspecified atom stereocenters. The highest BCUT2D eigenvalue weighted by Gasteiger charge is 2.40. The van der Waals surface area contributed by atoms with Gasteiger partial charge in [0.25, 0.3) is 0 Å². The SMILES string of the molecule is CC1(C)c2cc(N3CCC(N4CCCC4)CC3)c(Br)cc2C(=O)c2c1[nH]c1cc(C#N)ccc21. The van der Waals surface area contributed by atoms with Gasteiger partial charge in [-0.1, -0.05) is 19.9 Å². The second kappa shape index (κ2) is 7.96. The molecule has 3 heterocycles. The molecular weight excluding hydrogens is 488 g/mol. The van der Waals surface area contributed by atoms with Crippen LogP contribution in [0.2, 0.25) is 0 Å². The summed E-state index contributed by atoms with van der Waals surface area (Å²) < 4.78 is 0.991. The fraction of sp³-hybridized carbons (Fsp3) is 0.429. The zero-order valence-corrected chi connectivity index (χ0v) is 21.3. The van der Waals surface area contributed by atoms with Crippen LogP contribution in [-0.2, 0) is 5.41 Å². The van der Waals surface area contributed by atoms with Gasteiger partial charge < -0.3 is 14.8 Å². The van der Waals surface area contributed by atoms with E-state index < -0.39 is 0 Å². The van der Waals surface area contributed by atoms with Crippen molar-refractivity contribution >= 4 is 38.3 Å². The minimum atomic E-state index is -0.353. The molecule has 2 saturated heterocycles. The van der Waals surface area contributed by atoms with E-state index in [4.69, 9.17) is 0 Å². The lowest BCUT2D eigenvalue weighted by Crippen LogP contribution is -2.44. The van der Waals surface area contributed by atoms with Crippen molar-refractivity contribution in [3.8, 4) is 6.07 Å². The second-order valence-corrected chi connectivity index (χ2v) is 11.4. The van der Waals surface area contributed by atoms with Gasteiger partial charge in [-0.2, -0.15) is 5.26 Å². The highest BCUT2D eigenvalue weighted by molar-refractivity contribution is 9.10. The van der Waals surface area contributed by atoms with Gasteiger partial charge in [-0.15, -0.1) is 0 Å². The summed E-state index contributed by atoms with van der Waals surface area (Å²) >= 11 is 3.81. The van der Waals surface area contributed by atoms with Crippen LogP contribution in [0.4, 0.5) is 5.69 Å². The number of piperidine rings is 1. The number of rotatable bonds is 2. The van der Waals surface area contributed by atoms with Crippen LogP contribution < -0.4 is 4.90 Å². The first-order valence-electron chi connectivity index (χ1n) is 12.3. The van der Waals surface area contributed by atoms with Crippen molar-refractivity contribution in [3.05, 3.63) is 62.8 Å². The van der Waals surface area contributed by atoms with Gasteiger partial charge in [0.1, 0.15) is 0 Å². The number of nitrogens with one attached hydrogen (secondary N) is 1. The molecule has 34 heavy (non-hydrogen) atoms. The third-order valence-corrected chi connectivity index (χ3v) is 8.88. The van der Waals surface area contributed by atoms with E-state index in [2.05, 4.69) is 56.7 Å². The van der Waals surface area contributed by atoms with Gasteiger partial charge in [-0.3, -0.25) is 4.79 Å². The summed E-state index contributed by atoms with van der Waals surface area (Å²) in [6.07, 6.45) is 5.07. The van der Waals surface area contributed by atoms with Crippen molar-refractivity contribution in [1.29, 1.82) is 5.26 Å². The molecule has 1 aromatic heterocycles. The predicted octanol–water partition coefficient (Wildman–Crippen LogP) is 5.74. The number of hydrogen-bond acceptors (Lipinski definition) is 4. The van der Waals surface area contributed by atoms with E-state index in [0.29, 0.717) is 11.6 Å². The Hall–Kier alpha value is -2.62. The molecule has 0 radical (unpaired) electrons. The Morgan fingerprint density at radius 2 is 1.82 bits per heavy atom. The first-order chi connectivity index (χ1) is 16.4. The van der Waals surface area contributed by atoms with Crippen LogP contribution >= 0.6 is 15.9 Å². The van der Waals surface area contributed by atoms with Crippen LogP contribution in [0, 0.1) is 11.3 Å². The molecule has 1 N–H and O–H groups in total. The van der Waals surface area contributed by atoms with Gasteiger partial charge in [0, 0.05) is 51.2 Å². The fourth-order valence-electron chi connectivity index (χ4n) is 6.33. The summed E-state index contributed by atoms with van der Waals surface area (Å²) in [5.41, 5.74) is 5.79. The second-order valence-electron chi connectivity index (χ2n) is 10.5. The standard InChI is InChI=1S/C28H29BrN4O/c1-28(2)21-15-24(33-11-7-18(8-12-33)32-9-3-4-10-32)22(29)14-20(21)26(34)25-19-6-5-17(16-30)13-23(19)31-27(25)28/h5-6,13-15,18,31H,3-4,7-12H2,1-2H3. The minimum Gasteiger partial charge on any atom is -0.370 e. The van der Waals surface area contributed by atoms with E-state index in [1.807, 2.05) is 18.2 Å². The molecule has 0 bridgehead atoms. The maximum absolute atomic E-state index is 13.7. The summed E-state index contributed by atoms with van der Waals surface area (Å²) in [4.78, 5) is 22.4. The largest absolute Gasteiger partial charge is 0.370 e. The molecular formula is C28H29BrN4O. The molecule has 5 nitrogen and oxygen atoms in total. The number of benzene rings is 2. The van der Waals surface area contributed by atoms with E-state index in [-0.39, 0.29) is 11.2 Å². The lowest BCUT2D eigenvalue weighted by atomic mass is 9.71. The van der Waals surface area contributed by atoms with Gasteiger partial charge in [0.2, 0.25) is 0 Å². The van der Waals surface area contributed by atoms with E-state index in [1.165, 1.54) is 44.5 Å². The smallest absolute Gasteiger partial charge is 0.195 e. The van der Waals surface area contributed by atoms with Gasteiger partial charge >= 0.3 is 0 Å². The third kappa shape index (κ3) is 3.25. The molecule has 2 aromatic carbocycles. The monoisotopic (exact) mass is 516 g/mol. The topological polar surface area (TPSA) is 63.1 Å². The highest BCUT2D eigenvalue weighted by Crippen LogP contribution is 2.46.